The molecule has 0 saturated heterocycles. The molecule has 2 aliphatic carbocycles. The molecule has 0 bridgehead atoms. The van der Waals surface area contributed by atoms with Crippen LogP contribution in [-0.4, -0.2) is 54.9 Å². The van der Waals surface area contributed by atoms with Crippen LogP contribution < -0.4 is 5.73 Å². The van der Waals surface area contributed by atoms with Crippen LogP contribution in [0.4, 0.5) is 0 Å². The summed E-state index contributed by atoms with van der Waals surface area (Å²) in [7, 11) is 0. The summed E-state index contributed by atoms with van der Waals surface area (Å²) in [6.45, 7) is 4.76. The number of aromatic nitrogens is 4. The Balaban J connectivity index is 1.61. The molecule has 1 unspecified atom stereocenters. The van der Waals surface area contributed by atoms with Crippen molar-refractivity contribution in [2.24, 2.45) is 5.73 Å². The van der Waals surface area contributed by atoms with Gasteiger partial charge in [0.05, 0.1) is 11.3 Å². The predicted octanol–water partition coefficient (Wildman–Crippen LogP) is 1.61. The Kier molecular flexibility index (Phi) is 5.21. The minimum atomic E-state index is -0.172. The Morgan fingerprint density at radius 1 is 1.35 bits per heavy atom. The van der Waals surface area contributed by atoms with Gasteiger partial charge in [-0.3, -0.25) is 4.79 Å². The van der Waals surface area contributed by atoms with E-state index in [0.717, 1.165) is 50.2 Å². The number of carbonyl (C=O) groups excluding carboxylic acids is 1. The third-order valence-corrected chi connectivity index (χ3v) is 5.83. The predicted molar refractivity (Wildman–Crippen MR) is 89.0 cm³/mol. The highest BCUT2D eigenvalue weighted by Gasteiger charge is 2.32. The molecule has 2 fully saturated rings. The topological polar surface area (TPSA) is 89.9 Å². The first kappa shape index (κ1) is 16.7. The molecule has 0 aliphatic heterocycles. The Hall–Kier alpha value is -1.15. The summed E-state index contributed by atoms with van der Waals surface area (Å²) in [6, 6.07) is 1.06. The van der Waals surface area contributed by atoms with Gasteiger partial charge >= 0.3 is 0 Å². The van der Waals surface area contributed by atoms with Crippen molar-refractivity contribution in [2.75, 3.05) is 6.54 Å². The SMILES string of the molecule is CCN(C(=O)C(C)Sc1nnnn1C1CC1)C1CCC(N)CC1. The highest BCUT2D eigenvalue weighted by Crippen LogP contribution is 2.37. The van der Waals surface area contributed by atoms with Gasteiger partial charge in [-0.2, -0.15) is 0 Å². The molecular weight excluding hydrogens is 312 g/mol. The average molecular weight is 338 g/mol. The maximum absolute atomic E-state index is 12.9. The van der Waals surface area contributed by atoms with Gasteiger partial charge in [-0.25, -0.2) is 4.68 Å². The lowest BCUT2D eigenvalue weighted by Crippen LogP contribution is -2.46. The number of tetrazole rings is 1. The van der Waals surface area contributed by atoms with Crippen molar-refractivity contribution in [3.63, 3.8) is 0 Å². The summed E-state index contributed by atoms with van der Waals surface area (Å²) < 4.78 is 1.87. The van der Waals surface area contributed by atoms with E-state index in [2.05, 4.69) is 22.4 Å². The van der Waals surface area contributed by atoms with Gasteiger partial charge in [0.1, 0.15) is 0 Å². The van der Waals surface area contributed by atoms with E-state index >= 15 is 0 Å². The minimum Gasteiger partial charge on any atom is -0.339 e. The number of thioether (sulfide) groups is 1. The highest BCUT2D eigenvalue weighted by atomic mass is 32.2. The molecule has 1 heterocycles. The van der Waals surface area contributed by atoms with Crippen LogP contribution in [0.3, 0.4) is 0 Å². The summed E-state index contributed by atoms with van der Waals surface area (Å²) in [5, 5.41) is 12.5. The molecule has 1 aromatic rings. The molecule has 0 radical (unpaired) electrons. The van der Waals surface area contributed by atoms with Crippen LogP contribution in [0, 0.1) is 0 Å². The van der Waals surface area contributed by atoms with Crippen LogP contribution in [0.15, 0.2) is 5.16 Å². The van der Waals surface area contributed by atoms with E-state index < -0.39 is 0 Å². The van der Waals surface area contributed by atoms with Crippen LogP contribution in [0.5, 0.6) is 0 Å². The van der Waals surface area contributed by atoms with E-state index in [1.807, 2.05) is 16.5 Å². The molecule has 1 aromatic heterocycles. The van der Waals surface area contributed by atoms with E-state index in [1.165, 1.54) is 11.8 Å². The smallest absolute Gasteiger partial charge is 0.236 e. The van der Waals surface area contributed by atoms with Gasteiger partial charge in [-0.15, -0.1) is 5.10 Å². The zero-order valence-electron chi connectivity index (χ0n) is 13.9. The zero-order valence-corrected chi connectivity index (χ0v) is 14.7. The number of nitrogens with zero attached hydrogens (tertiary/aromatic N) is 5. The van der Waals surface area contributed by atoms with Gasteiger partial charge in [-0.05, 0) is 62.8 Å². The summed E-state index contributed by atoms with van der Waals surface area (Å²) in [4.78, 5) is 14.9. The number of amides is 1. The van der Waals surface area contributed by atoms with E-state index in [9.17, 15) is 4.79 Å². The lowest BCUT2D eigenvalue weighted by molar-refractivity contribution is -0.133. The maximum Gasteiger partial charge on any atom is 0.236 e. The van der Waals surface area contributed by atoms with Gasteiger partial charge < -0.3 is 10.6 Å². The first-order valence-electron chi connectivity index (χ1n) is 8.60. The molecule has 2 N–H and O–H groups in total. The van der Waals surface area contributed by atoms with Crippen molar-refractivity contribution >= 4 is 17.7 Å². The third-order valence-electron chi connectivity index (χ3n) is 4.79. The van der Waals surface area contributed by atoms with Crippen LogP contribution in [0.1, 0.15) is 58.4 Å². The first-order chi connectivity index (χ1) is 11.1. The Labute approximate surface area is 141 Å². The quantitative estimate of drug-likeness (QED) is 0.793. The van der Waals surface area contributed by atoms with Gasteiger partial charge in [-0.1, -0.05) is 11.8 Å². The monoisotopic (exact) mass is 338 g/mol. The number of carbonyl (C=O) groups is 1. The van der Waals surface area contributed by atoms with E-state index in [-0.39, 0.29) is 11.2 Å². The molecule has 128 valence electrons. The fourth-order valence-electron chi connectivity index (χ4n) is 3.26. The number of hydrogen-bond acceptors (Lipinski definition) is 6. The molecule has 2 aliphatic rings. The lowest BCUT2D eigenvalue weighted by atomic mass is 9.90. The summed E-state index contributed by atoms with van der Waals surface area (Å²) in [5.41, 5.74) is 5.98. The van der Waals surface area contributed by atoms with Crippen molar-refractivity contribution in [1.82, 2.24) is 25.1 Å². The second-order valence-corrected chi connectivity index (χ2v) is 7.90. The van der Waals surface area contributed by atoms with Crippen molar-refractivity contribution in [3.8, 4) is 0 Å². The van der Waals surface area contributed by atoms with Crippen molar-refractivity contribution < 1.29 is 4.79 Å². The molecule has 0 spiro atoms. The van der Waals surface area contributed by atoms with Crippen molar-refractivity contribution in [1.29, 1.82) is 0 Å². The second kappa shape index (κ2) is 7.17. The standard InChI is InChI=1S/C15H26N6OS/c1-3-20(12-6-4-11(16)5-7-12)14(22)10(2)23-15-17-18-19-21(15)13-8-9-13/h10-13H,3-9,16H2,1-2H3. The normalized spacial score (nSPS) is 26.0. The molecular formula is C15H26N6OS. The Morgan fingerprint density at radius 2 is 2.04 bits per heavy atom. The van der Waals surface area contributed by atoms with Gasteiger partial charge in [0.15, 0.2) is 0 Å². The van der Waals surface area contributed by atoms with Crippen LogP contribution in [-0.2, 0) is 4.79 Å². The van der Waals surface area contributed by atoms with Gasteiger partial charge in [0, 0.05) is 18.6 Å². The van der Waals surface area contributed by atoms with Crippen LogP contribution >= 0.6 is 11.8 Å². The van der Waals surface area contributed by atoms with E-state index in [4.69, 9.17) is 5.73 Å². The Morgan fingerprint density at radius 3 is 2.65 bits per heavy atom. The zero-order chi connectivity index (χ0) is 16.4. The van der Waals surface area contributed by atoms with Crippen LogP contribution in [0.25, 0.3) is 0 Å². The maximum atomic E-state index is 12.9. The van der Waals surface area contributed by atoms with Gasteiger partial charge in [0.25, 0.3) is 0 Å². The molecule has 8 heteroatoms. The minimum absolute atomic E-state index is 0.172. The summed E-state index contributed by atoms with van der Waals surface area (Å²) in [6.07, 6.45) is 6.30. The number of hydrogen-bond donors (Lipinski definition) is 1. The summed E-state index contributed by atoms with van der Waals surface area (Å²) >= 11 is 1.47. The highest BCUT2D eigenvalue weighted by molar-refractivity contribution is 8.00. The molecule has 23 heavy (non-hydrogen) atoms. The van der Waals surface area contributed by atoms with Crippen molar-refractivity contribution in [2.45, 2.75) is 80.9 Å². The molecule has 3 rings (SSSR count). The van der Waals surface area contributed by atoms with Gasteiger partial charge in [0.2, 0.25) is 11.1 Å². The molecule has 1 amide bonds. The third kappa shape index (κ3) is 3.85. The average Bonchev–Trinajstić information content (AvgIpc) is 3.29. The molecule has 1 atom stereocenters. The molecule has 0 aromatic carbocycles. The van der Waals surface area contributed by atoms with Crippen molar-refractivity contribution in [3.05, 3.63) is 0 Å². The van der Waals surface area contributed by atoms with E-state index in [1.54, 1.807) is 0 Å². The first-order valence-corrected chi connectivity index (χ1v) is 9.48. The molecule has 7 nitrogen and oxygen atoms in total. The fraction of sp³-hybridized carbons (Fsp3) is 0.867. The lowest BCUT2D eigenvalue weighted by Gasteiger charge is -2.36. The largest absolute Gasteiger partial charge is 0.339 e. The molecule has 2 saturated carbocycles. The van der Waals surface area contributed by atoms with Crippen LogP contribution in [0.2, 0.25) is 0 Å². The number of nitrogens with two attached hydrogens (primary N) is 1. The summed E-state index contributed by atoms with van der Waals surface area (Å²) in [5.74, 6) is 0.184. The van der Waals surface area contributed by atoms with E-state index in [0.29, 0.717) is 18.1 Å². The Bertz CT molecular complexity index is 538. The number of rotatable bonds is 6. The fourth-order valence-corrected chi connectivity index (χ4v) is 4.19. The second-order valence-electron chi connectivity index (χ2n) is 6.59.